The van der Waals surface area contributed by atoms with Crippen molar-refractivity contribution < 1.29 is 15.0 Å². The Bertz CT molecular complexity index is 1030. The molecule has 5 unspecified atom stereocenters. The number of aliphatic hydroxyl groups is 2. The molecule has 0 bridgehead atoms. The summed E-state index contributed by atoms with van der Waals surface area (Å²) >= 11 is 1.63. The molecule has 2 aliphatic carbocycles. The fourth-order valence-electron chi connectivity index (χ4n) is 5.81. The summed E-state index contributed by atoms with van der Waals surface area (Å²) in [7, 11) is 1.73. The molecule has 0 radical (unpaired) electrons. The first-order chi connectivity index (χ1) is 15.2. The average Bonchev–Trinajstić information content (AvgIpc) is 3.22. The molecule has 2 aromatic rings. The maximum atomic E-state index is 13.1. The van der Waals surface area contributed by atoms with Gasteiger partial charge in [0.05, 0.1) is 24.9 Å². The van der Waals surface area contributed by atoms with Crippen LogP contribution in [0.25, 0.3) is 10.6 Å². The number of rotatable bonds is 5. The minimum Gasteiger partial charge on any atom is -0.396 e. The molecule has 7 heteroatoms. The highest BCUT2D eigenvalue weighted by molar-refractivity contribution is 7.15. The third-order valence-corrected chi connectivity index (χ3v) is 9.08. The van der Waals surface area contributed by atoms with Gasteiger partial charge in [-0.3, -0.25) is 9.78 Å². The highest BCUT2D eigenvalue weighted by Crippen LogP contribution is 2.63. The largest absolute Gasteiger partial charge is 0.396 e. The Kier molecular flexibility index (Phi) is 6.15. The number of pyridine rings is 1. The number of aliphatic hydroxyl groups excluding tert-OH is 2. The molecule has 4 rings (SSSR count). The second-order valence-corrected chi connectivity index (χ2v) is 10.8. The van der Waals surface area contributed by atoms with Gasteiger partial charge in [-0.25, -0.2) is 4.98 Å². The van der Waals surface area contributed by atoms with E-state index in [1.165, 1.54) is 0 Å². The minimum absolute atomic E-state index is 0.00599. The van der Waals surface area contributed by atoms with Crippen LogP contribution in [0, 0.1) is 29.1 Å². The van der Waals surface area contributed by atoms with Crippen molar-refractivity contribution in [2.75, 3.05) is 20.2 Å². The number of aromatic nitrogens is 2. The molecule has 6 nitrogen and oxygen atoms in total. The van der Waals surface area contributed by atoms with Gasteiger partial charge in [0.15, 0.2) is 0 Å². The van der Waals surface area contributed by atoms with Crippen LogP contribution in [-0.4, -0.2) is 57.3 Å². The van der Waals surface area contributed by atoms with Crippen LogP contribution < -0.4 is 0 Å². The van der Waals surface area contributed by atoms with Crippen molar-refractivity contribution in [3.63, 3.8) is 0 Å². The van der Waals surface area contributed by atoms with Crippen LogP contribution in [0.5, 0.6) is 0 Å². The van der Waals surface area contributed by atoms with Gasteiger partial charge >= 0.3 is 0 Å². The molecular weight excluding hydrogens is 422 g/mol. The lowest BCUT2D eigenvalue weighted by atomic mass is 9.47. The topological polar surface area (TPSA) is 86.6 Å². The van der Waals surface area contributed by atoms with Crippen LogP contribution in [0.1, 0.15) is 49.6 Å². The van der Waals surface area contributed by atoms with E-state index in [2.05, 4.69) is 17.8 Å². The monoisotopic (exact) mass is 453 g/mol. The second kappa shape index (κ2) is 8.58. The van der Waals surface area contributed by atoms with E-state index in [9.17, 15) is 15.0 Å². The summed E-state index contributed by atoms with van der Waals surface area (Å²) < 4.78 is 0. The Morgan fingerprint density at radius 1 is 1.44 bits per heavy atom. The SMILES string of the molecule is C#CCN(C)C(=O)CC1c2nc(-c3cccnc3)sc2CC2C(C)(CO)C(O)CCC12C. The van der Waals surface area contributed by atoms with Gasteiger partial charge < -0.3 is 15.1 Å². The maximum absolute atomic E-state index is 13.1. The van der Waals surface area contributed by atoms with Crippen molar-refractivity contribution in [1.29, 1.82) is 0 Å². The quantitative estimate of drug-likeness (QED) is 0.680. The van der Waals surface area contributed by atoms with E-state index < -0.39 is 11.5 Å². The maximum Gasteiger partial charge on any atom is 0.223 e. The number of carbonyl (C=O) groups excluding carboxylic acids is 1. The Morgan fingerprint density at radius 2 is 2.22 bits per heavy atom. The lowest BCUT2D eigenvalue weighted by Gasteiger charge is -2.58. The van der Waals surface area contributed by atoms with Gasteiger partial charge in [0.2, 0.25) is 5.91 Å². The Morgan fingerprint density at radius 3 is 2.88 bits per heavy atom. The standard InChI is InChI=1S/C25H31N3O3S/c1-5-11-28(4)21(31)12-17-22-18(32-23(27-22)16-7-6-10-26-14-16)13-19-24(17,2)9-8-20(30)25(19,3)15-29/h1,6-7,10,14,17,19-20,29-30H,8-9,11-13,15H2,2-4H3. The fraction of sp³-hybridized carbons (Fsp3) is 0.560. The summed E-state index contributed by atoms with van der Waals surface area (Å²) in [6.07, 6.45) is 10.8. The van der Waals surface area contributed by atoms with E-state index in [1.54, 1.807) is 29.5 Å². The molecule has 0 aliphatic heterocycles. The van der Waals surface area contributed by atoms with Crippen LogP contribution in [-0.2, 0) is 11.2 Å². The normalized spacial score (nSPS) is 31.3. The highest BCUT2D eigenvalue weighted by atomic mass is 32.1. The Balaban J connectivity index is 1.81. The molecule has 0 aromatic carbocycles. The van der Waals surface area contributed by atoms with Crippen LogP contribution in [0.4, 0.5) is 0 Å². The number of hydrogen-bond acceptors (Lipinski definition) is 6. The number of fused-ring (bicyclic) bond motifs is 2. The first kappa shape index (κ1) is 22.9. The molecule has 2 heterocycles. The molecular formula is C25H31N3O3S. The molecule has 2 aliphatic rings. The number of hydrogen-bond donors (Lipinski definition) is 2. The average molecular weight is 454 g/mol. The van der Waals surface area contributed by atoms with E-state index in [4.69, 9.17) is 11.4 Å². The molecule has 170 valence electrons. The third-order valence-electron chi connectivity index (χ3n) is 7.94. The highest BCUT2D eigenvalue weighted by Gasteiger charge is 2.59. The third kappa shape index (κ3) is 3.64. The van der Waals surface area contributed by atoms with Crippen molar-refractivity contribution in [2.45, 2.75) is 51.6 Å². The van der Waals surface area contributed by atoms with Gasteiger partial charge in [0, 0.05) is 47.6 Å². The summed E-state index contributed by atoms with van der Waals surface area (Å²) in [5, 5.41) is 22.1. The van der Waals surface area contributed by atoms with Crippen molar-refractivity contribution in [1.82, 2.24) is 14.9 Å². The first-order valence-corrected chi connectivity index (χ1v) is 11.9. The van der Waals surface area contributed by atoms with Crippen LogP contribution >= 0.6 is 11.3 Å². The van der Waals surface area contributed by atoms with Crippen LogP contribution in [0.15, 0.2) is 24.5 Å². The van der Waals surface area contributed by atoms with Gasteiger partial charge in [-0.15, -0.1) is 17.8 Å². The van der Waals surface area contributed by atoms with E-state index in [-0.39, 0.29) is 36.3 Å². The zero-order chi connectivity index (χ0) is 23.1. The lowest BCUT2D eigenvalue weighted by molar-refractivity contribution is -0.146. The zero-order valence-electron chi connectivity index (χ0n) is 18.9. The summed E-state index contributed by atoms with van der Waals surface area (Å²) in [4.78, 5) is 25.1. The number of amides is 1. The molecule has 2 aromatic heterocycles. The molecule has 2 N–H and O–H groups in total. The van der Waals surface area contributed by atoms with Crippen molar-refractivity contribution in [3.8, 4) is 22.9 Å². The van der Waals surface area contributed by atoms with Gasteiger partial charge in [-0.1, -0.05) is 19.8 Å². The smallest absolute Gasteiger partial charge is 0.223 e. The summed E-state index contributed by atoms with van der Waals surface area (Å²) in [6, 6.07) is 3.89. The lowest BCUT2D eigenvalue weighted by Crippen LogP contribution is -2.57. The van der Waals surface area contributed by atoms with Gasteiger partial charge in [0.1, 0.15) is 5.01 Å². The van der Waals surface area contributed by atoms with Gasteiger partial charge in [-0.05, 0) is 42.7 Å². The molecule has 0 spiro atoms. The zero-order valence-corrected chi connectivity index (χ0v) is 19.7. The van der Waals surface area contributed by atoms with Crippen LogP contribution in [0.3, 0.4) is 0 Å². The molecule has 32 heavy (non-hydrogen) atoms. The van der Waals surface area contributed by atoms with Gasteiger partial charge in [-0.2, -0.15) is 0 Å². The Labute approximate surface area is 193 Å². The predicted molar refractivity (Wildman–Crippen MR) is 125 cm³/mol. The van der Waals surface area contributed by atoms with E-state index in [1.807, 2.05) is 25.3 Å². The summed E-state index contributed by atoms with van der Waals surface area (Å²) in [5.74, 6) is 2.47. The van der Waals surface area contributed by atoms with E-state index in [0.717, 1.165) is 34.0 Å². The van der Waals surface area contributed by atoms with Gasteiger partial charge in [0.25, 0.3) is 0 Å². The minimum atomic E-state index is -0.630. The summed E-state index contributed by atoms with van der Waals surface area (Å²) in [5.41, 5.74) is 1.04. The fourth-order valence-corrected chi connectivity index (χ4v) is 6.97. The molecule has 1 fully saturated rings. The first-order valence-electron chi connectivity index (χ1n) is 11.1. The van der Waals surface area contributed by atoms with E-state index >= 15 is 0 Å². The molecule has 5 atom stereocenters. The van der Waals surface area contributed by atoms with E-state index in [0.29, 0.717) is 12.8 Å². The van der Waals surface area contributed by atoms with Crippen molar-refractivity contribution in [3.05, 3.63) is 35.1 Å². The number of thiazole rings is 1. The van der Waals surface area contributed by atoms with Crippen molar-refractivity contribution in [2.24, 2.45) is 16.7 Å². The summed E-state index contributed by atoms with van der Waals surface area (Å²) in [6.45, 7) is 4.37. The number of terminal acetylenes is 1. The molecule has 1 amide bonds. The van der Waals surface area contributed by atoms with Crippen LogP contribution in [0.2, 0.25) is 0 Å². The number of nitrogens with zero attached hydrogens (tertiary/aromatic N) is 3. The molecule has 1 saturated carbocycles. The number of carbonyl (C=O) groups is 1. The molecule has 0 saturated heterocycles. The second-order valence-electron chi connectivity index (χ2n) is 9.76. The van der Waals surface area contributed by atoms with Crippen molar-refractivity contribution >= 4 is 17.2 Å². The Hall–Kier alpha value is -2.27. The predicted octanol–water partition coefficient (Wildman–Crippen LogP) is 3.10.